The Morgan fingerprint density at radius 1 is 1.47 bits per heavy atom. The van der Waals surface area contributed by atoms with Gasteiger partial charge >= 0.3 is 5.97 Å². The number of sulfonamides is 1. The number of halogens is 1. The lowest BCUT2D eigenvalue weighted by Gasteiger charge is -2.05. The molecule has 1 aromatic rings. The van der Waals surface area contributed by atoms with Crippen LogP contribution in [-0.2, 0) is 10.0 Å². The zero-order valence-corrected chi connectivity index (χ0v) is 8.51. The van der Waals surface area contributed by atoms with E-state index in [9.17, 15) is 17.6 Å². The Morgan fingerprint density at radius 2 is 2.07 bits per heavy atom. The van der Waals surface area contributed by atoms with Gasteiger partial charge in [0.25, 0.3) is 0 Å². The molecule has 0 aliphatic heterocycles. The van der Waals surface area contributed by atoms with E-state index in [1.165, 1.54) is 0 Å². The summed E-state index contributed by atoms with van der Waals surface area (Å²) in [6, 6.07) is 2.45. The number of carboxylic acids is 1. The number of hydrogen-bond acceptors (Lipinski definition) is 3. The largest absolute Gasteiger partial charge is 0.478 e. The molecular weight excluding hydrogens is 225 g/mol. The molecule has 7 heteroatoms. The van der Waals surface area contributed by atoms with Crippen LogP contribution in [0.2, 0.25) is 0 Å². The van der Waals surface area contributed by atoms with E-state index >= 15 is 0 Å². The summed E-state index contributed by atoms with van der Waals surface area (Å²) in [6.07, 6.45) is 0. The zero-order chi connectivity index (χ0) is 11.6. The van der Waals surface area contributed by atoms with Gasteiger partial charge in [-0.1, -0.05) is 0 Å². The van der Waals surface area contributed by atoms with Crippen LogP contribution >= 0.6 is 0 Å². The third-order valence-electron chi connectivity index (χ3n) is 1.73. The van der Waals surface area contributed by atoms with Gasteiger partial charge in [0, 0.05) is 0 Å². The van der Waals surface area contributed by atoms with E-state index in [1.807, 2.05) is 4.72 Å². The van der Waals surface area contributed by atoms with E-state index in [0.717, 1.165) is 19.2 Å². The lowest BCUT2D eigenvalue weighted by atomic mass is 10.2. The van der Waals surface area contributed by atoms with Gasteiger partial charge in [0.1, 0.15) is 5.82 Å². The van der Waals surface area contributed by atoms with Gasteiger partial charge in [-0.05, 0) is 25.2 Å². The summed E-state index contributed by atoms with van der Waals surface area (Å²) in [6.45, 7) is 0. The zero-order valence-electron chi connectivity index (χ0n) is 7.69. The smallest absolute Gasteiger partial charge is 0.337 e. The minimum Gasteiger partial charge on any atom is -0.478 e. The normalized spacial score (nSPS) is 11.3. The summed E-state index contributed by atoms with van der Waals surface area (Å²) >= 11 is 0. The molecule has 0 fully saturated rings. The molecule has 0 aliphatic carbocycles. The monoisotopic (exact) mass is 233 g/mol. The quantitative estimate of drug-likeness (QED) is 0.793. The maximum Gasteiger partial charge on any atom is 0.337 e. The van der Waals surface area contributed by atoms with Gasteiger partial charge in [-0.25, -0.2) is 22.3 Å². The lowest BCUT2D eigenvalue weighted by Crippen LogP contribution is -2.21. The maximum atomic E-state index is 12.8. The first-order valence-electron chi connectivity index (χ1n) is 3.85. The molecule has 1 rings (SSSR count). The molecule has 15 heavy (non-hydrogen) atoms. The van der Waals surface area contributed by atoms with Crippen LogP contribution in [0.5, 0.6) is 0 Å². The minimum absolute atomic E-state index is 0.467. The Labute approximate surface area is 85.6 Å². The Kier molecular flexibility index (Phi) is 3.06. The van der Waals surface area contributed by atoms with Crippen LogP contribution in [0.15, 0.2) is 23.1 Å². The van der Waals surface area contributed by atoms with Crippen LogP contribution in [0, 0.1) is 5.82 Å². The third-order valence-corrected chi connectivity index (χ3v) is 3.19. The van der Waals surface area contributed by atoms with Crippen molar-refractivity contribution in [2.24, 2.45) is 0 Å². The molecule has 0 saturated carbocycles. The molecule has 0 spiro atoms. The average molecular weight is 233 g/mol. The highest BCUT2D eigenvalue weighted by molar-refractivity contribution is 7.89. The summed E-state index contributed by atoms with van der Waals surface area (Å²) in [4.78, 5) is 10.1. The van der Waals surface area contributed by atoms with Crippen molar-refractivity contribution in [3.8, 4) is 0 Å². The maximum absolute atomic E-state index is 12.8. The van der Waals surface area contributed by atoms with Crippen LogP contribution in [0.4, 0.5) is 4.39 Å². The summed E-state index contributed by atoms with van der Waals surface area (Å²) in [5.74, 6) is -2.24. The predicted octanol–water partition coefficient (Wildman–Crippen LogP) is 0.432. The van der Waals surface area contributed by atoms with E-state index in [4.69, 9.17) is 5.11 Å². The van der Waals surface area contributed by atoms with Crippen molar-refractivity contribution in [2.75, 3.05) is 7.05 Å². The fourth-order valence-corrected chi connectivity index (χ4v) is 1.94. The van der Waals surface area contributed by atoms with Crippen LogP contribution in [0.3, 0.4) is 0 Å². The van der Waals surface area contributed by atoms with Crippen LogP contribution in [-0.4, -0.2) is 26.5 Å². The molecule has 0 atom stereocenters. The molecule has 5 nitrogen and oxygen atoms in total. The number of hydrogen-bond donors (Lipinski definition) is 2. The molecule has 1 aromatic carbocycles. The van der Waals surface area contributed by atoms with Gasteiger partial charge in [-0.3, -0.25) is 0 Å². The van der Waals surface area contributed by atoms with E-state index in [1.54, 1.807) is 0 Å². The van der Waals surface area contributed by atoms with Gasteiger partial charge in [0.2, 0.25) is 10.0 Å². The van der Waals surface area contributed by atoms with Gasteiger partial charge in [0.05, 0.1) is 10.5 Å². The van der Waals surface area contributed by atoms with E-state index in [2.05, 4.69) is 0 Å². The van der Waals surface area contributed by atoms with Crippen molar-refractivity contribution in [3.63, 3.8) is 0 Å². The highest BCUT2D eigenvalue weighted by Crippen LogP contribution is 2.16. The second-order valence-corrected chi connectivity index (χ2v) is 4.51. The minimum atomic E-state index is -3.97. The molecule has 0 amide bonds. The number of rotatable bonds is 3. The van der Waals surface area contributed by atoms with Crippen LogP contribution in [0.1, 0.15) is 10.4 Å². The Hall–Kier alpha value is -1.47. The molecule has 2 N–H and O–H groups in total. The average Bonchev–Trinajstić information content (AvgIpc) is 2.17. The molecule has 0 heterocycles. The summed E-state index contributed by atoms with van der Waals surface area (Å²) in [5, 5.41) is 8.70. The molecule has 0 aromatic heterocycles. The number of aromatic carboxylic acids is 1. The second-order valence-electron chi connectivity index (χ2n) is 2.65. The molecule has 0 saturated heterocycles. The van der Waals surface area contributed by atoms with Crippen molar-refractivity contribution in [1.82, 2.24) is 4.72 Å². The number of benzene rings is 1. The second kappa shape index (κ2) is 3.95. The van der Waals surface area contributed by atoms with E-state index < -0.39 is 32.3 Å². The number of carboxylic acid groups (broad SMARTS) is 1. The van der Waals surface area contributed by atoms with Gasteiger partial charge in [-0.2, -0.15) is 0 Å². The first-order valence-corrected chi connectivity index (χ1v) is 5.33. The summed E-state index contributed by atoms with van der Waals surface area (Å²) < 4.78 is 37.4. The number of nitrogens with one attached hydrogen (secondary N) is 1. The van der Waals surface area contributed by atoms with Gasteiger partial charge in [-0.15, -0.1) is 0 Å². The van der Waals surface area contributed by atoms with Crippen LogP contribution in [0.25, 0.3) is 0 Å². The van der Waals surface area contributed by atoms with E-state index in [0.29, 0.717) is 6.07 Å². The number of carbonyl (C=O) groups is 1. The van der Waals surface area contributed by atoms with Gasteiger partial charge < -0.3 is 5.11 Å². The fourth-order valence-electron chi connectivity index (χ4n) is 1.01. The summed E-state index contributed by atoms with van der Waals surface area (Å²) in [7, 11) is -2.85. The topological polar surface area (TPSA) is 83.5 Å². The molecule has 82 valence electrons. The molecule has 0 bridgehead atoms. The van der Waals surface area contributed by atoms with E-state index in [-0.39, 0.29) is 0 Å². The molecule has 0 radical (unpaired) electrons. The Morgan fingerprint density at radius 3 is 2.53 bits per heavy atom. The lowest BCUT2D eigenvalue weighted by molar-refractivity contribution is 0.0692. The van der Waals surface area contributed by atoms with Crippen molar-refractivity contribution in [3.05, 3.63) is 29.6 Å². The fraction of sp³-hybridized carbons (Fsp3) is 0.125. The van der Waals surface area contributed by atoms with Crippen molar-refractivity contribution in [2.45, 2.75) is 4.90 Å². The first-order chi connectivity index (χ1) is 6.88. The Bertz CT molecular complexity index is 497. The Balaban J connectivity index is 3.51. The van der Waals surface area contributed by atoms with Crippen molar-refractivity contribution >= 4 is 16.0 Å². The summed E-state index contributed by atoms with van der Waals surface area (Å²) in [5.41, 5.74) is -0.467. The SMILES string of the molecule is CNS(=O)(=O)c1cc(F)ccc1C(=O)O. The highest BCUT2D eigenvalue weighted by Gasteiger charge is 2.21. The van der Waals surface area contributed by atoms with Gasteiger partial charge in [0.15, 0.2) is 0 Å². The first kappa shape index (κ1) is 11.6. The molecule has 0 aliphatic rings. The van der Waals surface area contributed by atoms with Crippen molar-refractivity contribution < 1.29 is 22.7 Å². The highest BCUT2D eigenvalue weighted by atomic mass is 32.2. The standard InChI is InChI=1S/C8H8FNO4S/c1-10-15(13,14)7-4-5(9)2-3-6(7)8(11)12/h2-4,10H,1H3,(H,11,12). The third kappa shape index (κ3) is 2.31. The predicted molar refractivity (Wildman–Crippen MR) is 49.6 cm³/mol. The molecular formula is C8H8FNO4S. The molecule has 0 unspecified atom stereocenters. The van der Waals surface area contributed by atoms with Crippen molar-refractivity contribution in [1.29, 1.82) is 0 Å². The van der Waals surface area contributed by atoms with Crippen LogP contribution < -0.4 is 4.72 Å².